The van der Waals surface area contributed by atoms with Crippen LogP contribution in [0, 0.1) is 5.92 Å². The number of rotatable bonds is 4. The molecule has 0 radical (unpaired) electrons. The van der Waals surface area contributed by atoms with E-state index in [-0.39, 0.29) is 5.84 Å². The van der Waals surface area contributed by atoms with E-state index in [2.05, 4.69) is 10.1 Å². The van der Waals surface area contributed by atoms with Gasteiger partial charge in [0.2, 0.25) is 0 Å². The lowest BCUT2D eigenvalue weighted by molar-refractivity contribution is 0.0972. The van der Waals surface area contributed by atoms with Crippen molar-refractivity contribution in [3.8, 4) is 0 Å². The molecular weight excluding hydrogens is 182 g/mol. The number of nitrogens with zero attached hydrogens (tertiary/aromatic N) is 2. The second-order valence-corrected chi connectivity index (χ2v) is 3.79. The van der Waals surface area contributed by atoms with E-state index in [1.807, 2.05) is 0 Å². The SMILES string of the molecule is COC[C@H]1CCCN(C/C(N)=N\O)C1. The molecule has 1 aliphatic heterocycles. The van der Waals surface area contributed by atoms with Crippen LogP contribution in [0.1, 0.15) is 12.8 Å². The van der Waals surface area contributed by atoms with Crippen molar-refractivity contribution in [2.45, 2.75) is 12.8 Å². The Labute approximate surface area is 84.5 Å². The van der Waals surface area contributed by atoms with Crippen molar-refractivity contribution in [3.63, 3.8) is 0 Å². The number of oxime groups is 1. The molecule has 1 atom stereocenters. The minimum Gasteiger partial charge on any atom is -0.409 e. The molecule has 5 heteroatoms. The minimum atomic E-state index is 0.281. The summed E-state index contributed by atoms with van der Waals surface area (Å²) < 4.78 is 5.12. The van der Waals surface area contributed by atoms with Crippen molar-refractivity contribution in [1.29, 1.82) is 0 Å². The lowest BCUT2D eigenvalue weighted by Crippen LogP contribution is -2.41. The average molecular weight is 201 g/mol. The topological polar surface area (TPSA) is 71.1 Å². The van der Waals surface area contributed by atoms with Gasteiger partial charge in [-0.3, -0.25) is 4.90 Å². The molecule has 3 N–H and O–H groups in total. The van der Waals surface area contributed by atoms with Crippen LogP contribution < -0.4 is 5.73 Å². The highest BCUT2D eigenvalue weighted by molar-refractivity contribution is 5.81. The first kappa shape index (κ1) is 11.3. The Morgan fingerprint density at radius 3 is 3.14 bits per heavy atom. The summed E-state index contributed by atoms with van der Waals surface area (Å²) in [5.74, 6) is 0.864. The third-order valence-electron chi connectivity index (χ3n) is 2.52. The summed E-state index contributed by atoms with van der Waals surface area (Å²) in [6.45, 7) is 3.35. The van der Waals surface area contributed by atoms with Crippen molar-refractivity contribution in [3.05, 3.63) is 0 Å². The van der Waals surface area contributed by atoms with E-state index in [1.54, 1.807) is 7.11 Å². The van der Waals surface area contributed by atoms with E-state index in [0.717, 1.165) is 26.1 Å². The van der Waals surface area contributed by atoms with E-state index in [4.69, 9.17) is 15.7 Å². The highest BCUT2D eigenvalue weighted by Crippen LogP contribution is 2.15. The molecule has 14 heavy (non-hydrogen) atoms. The molecule has 0 amide bonds. The van der Waals surface area contributed by atoms with E-state index >= 15 is 0 Å². The van der Waals surface area contributed by atoms with E-state index in [0.29, 0.717) is 12.5 Å². The van der Waals surface area contributed by atoms with Gasteiger partial charge in [-0.1, -0.05) is 5.16 Å². The molecule has 0 unspecified atom stereocenters. The first-order chi connectivity index (χ1) is 6.76. The summed E-state index contributed by atoms with van der Waals surface area (Å²) in [5.41, 5.74) is 5.45. The number of nitrogens with two attached hydrogens (primary N) is 1. The van der Waals surface area contributed by atoms with Gasteiger partial charge in [0.25, 0.3) is 0 Å². The zero-order valence-electron chi connectivity index (χ0n) is 8.65. The van der Waals surface area contributed by atoms with Gasteiger partial charge in [-0.05, 0) is 25.3 Å². The van der Waals surface area contributed by atoms with Gasteiger partial charge >= 0.3 is 0 Å². The Bertz CT molecular complexity index is 194. The normalized spacial score (nSPS) is 25.2. The molecule has 0 aliphatic carbocycles. The molecule has 0 saturated carbocycles. The number of piperidine rings is 1. The number of amidine groups is 1. The predicted octanol–water partition coefficient (Wildman–Crippen LogP) is 0.0912. The first-order valence-electron chi connectivity index (χ1n) is 4.94. The molecule has 0 aromatic heterocycles. The van der Waals surface area contributed by atoms with Gasteiger partial charge in [-0.15, -0.1) is 0 Å². The predicted molar refractivity (Wildman–Crippen MR) is 54.4 cm³/mol. The number of likely N-dealkylation sites (tertiary alicyclic amines) is 1. The summed E-state index contributed by atoms with van der Waals surface area (Å²) in [5, 5.41) is 11.4. The lowest BCUT2D eigenvalue weighted by atomic mass is 9.99. The number of methoxy groups -OCH3 is 1. The monoisotopic (exact) mass is 201 g/mol. The summed E-state index contributed by atoms with van der Waals surface area (Å²) in [7, 11) is 1.72. The number of ether oxygens (including phenoxy) is 1. The molecule has 0 aromatic carbocycles. The zero-order valence-corrected chi connectivity index (χ0v) is 8.65. The van der Waals surface area contributed by atoms with Crippen LogP contribution in [0.5, 0.6) is 0 Å². The molecule has 5 nitrogen and oxygen atoms in total. The fourth-order valence-electron chi connectivity index (χ4n) is 1.93. The highest BCUT2D eigenvalue weighted by Gasteiger charge is 2.20. The maximum Gasteiger partial charge on any atom is 0.153 e. The third-order valence-corrected chi connectivity index (χ3v) is 2.52. The quantitative estimate of drug-likeness (QED) is 0.293. The van der Waals surface area contributed by atoms with Crippen molar-refractivity contribution in [2.24, 2.45) is 16.8 Å². The van der Waals surface area contributed by atoms with Crippen LogP contribution in [0.15, 0.2) is 5.16 Å². The van der Waals surface area contributed by atoms with Crippen molar-refractivity contribution in [2.75, 3.05) is 33.4 Å². The third kappa shape index (κ3) is 3.51. The molecule has 1 heterocycles. The molecule has 1 rings (SSSR count). The molecule has 82 valence electrons. The summed E-state index contributed by atoms with van der Waals surface area (Å²) in [6.07, 6.45) is 2.37. The van der Waals surface area contributed by atoms with Crippen molar-refractivity contribution >= 4 is 5.84 Å². The molecule has 1 aliphatic rings. The minimum absolute atomic E-state index is 0.281. The summed E-state index contributed by atoms with van der Waals surface area (Å²) in [4.78, 5) is 2.20. The van der Waals surface area contributed by atoms with Gasteiger partial charge in [-0.2, -0.15) is 0 Å². The molecule has 1 fully saturated rings. The average Bonchev–Trinajstić information content (AvgIpc) is 2.19. The standard InChI is InChI=1S/C9H19N3O2/c1-14-7-8-3-2-4-12(5-8)6-9(10)11-13/h8,13H,2-7H2,1H3,(H2,10,11)/t8-/m0/s1. The fraction of sp³-hybridized carbons (Fsp3) is 0.889. The van der Waals surface area contributed by atoms with Crippen molar-refractivity contribution in [1.82, 2.24) is 4.90 Å². The molecule has 0 spiro atoms. The van der Waals surface area contributed by atoms with E-state index in [1.165, 1.54) is 6.42 Å². The van der Waals surface area contributed by atoms with Crippen LogP contribution >= 0.6 is 0 Å². The van der Waals surface area contributed by atoms with Crippen LogP contribution in [0.4, 0.5) is 0 Å². The largest absolute Gasteiger partial charge is 0.409 e. The second kappa shape index (κ2) is 5.82. The molecule has 0 aromatic rings. The van der Waals surface area contributed by atoms with E-state index < -0.39 is 0 Å². The molecule has 1 saturated heterocycles. The van der Waals surface area contributed by atoms with Crippen LogP contribution in [-0.2, 0) is 4.74 Å². The molecule has 0 bridgehead atoms. The van der Waals surface area contributed by atoms with Crippen LogP contribution in [0.25, 0.3) is 0 Å². The number of hydrogen-bond donors (Lipinski definition) is 2. The van der Waals surface area contributed by atoms with Crippen molar-refractivity contribution < 1.29 is 9.94 Å². The number of hydrogen-bond acceptors (Lipinski definition) is 4. The van der Waals surface area contributed by atoms with Crippen LogP contribution in [0.2, 0.25) is 0 Å². The van der Waals surface area contributed by atoms with E-state index in [9.17, 15) is 0 Å². The fourth-order valence-corrected chi connectivity index (χ4v) is 1.93. The Balaban J connectivity index is 2.32. The van der Waals surface area contributed by atoms with Gasteiger partial charge in [0.15, 0.2) is 5.84 Å². The Morgan fingerprint density at radius 1 is 1.71 bits per heavy atom. The Morgan fingerprint density at radius 2 is 2.50 bits per heavy atom. The summed E-state index contributed by atoms with van der Waals surface area (Å²) in [6, 6.07) is 0. The zero-order chi connectivity index (χ0) is 10.4. The smallest absolute Gasteiger partial charge is 0.153 e. The maximum absolute atomic E-state index is 8.45. The van der Waals surface area contributed by atoms with Crippen LogP contribution in [0.3, 0.4) is 0 Å². The lowest BCUT2D eigenvalue weighted by Gasteiger charge is -2.31. The second-order valence-electron chi connectivity index (χ2n) is 3.79. The summed E-state index contributed by atoms with van der Waals surface area (Å²) >= 11 is 0. The Hall–Kier alpha value is -0.810. The van der Waals surface area contributed by atoms with Gasteiger partial charge < -0.3 is 15.7 Å². The van der Waals surface area contributed by atoms with Gasteiger partial charge in [-0.25, -0.2) is 0 Å². The Kier molecular flexibility index (Phi) is 4.69. The van der Waals surface area contributed by atoms with Gasteiger partial charge in [0.1, 0.15) is 0 Å². The maximum atomic E-state index is 8.45. The van der Waals surface area contributed by atoms with Crippen LogP contribution in [-0.4, -0.2) is 49.3 Å². The van der Waals surface area contributed by atoms with Gasteiger partial charge in [0, 0.05) is 13.7 Å². The highest BCUT2D eigenvalue weighted by atomic mass is 16.5. The molecular formula is C9H19N3O2. The first-order valence-corrected chi connectivity index (χ1v) is 4.94. The van der Waals surface area contributed by atoms with Gasteiger partial charge in [0.05, 0.1) is 13.2 Å².